The van der Waals surface area contributed by atoms with E-state index in [1.165, 1.54) is 31.2 Å². The van der Waals surface area contributed by atoms with Gasteiger partial charge in [-0.2, -0.15) is 11.3 Å². The minimum atomic E-state index is -0.0538. The van der Waals surface area contributed by atoms with E-state index in [-0.39, 0.29) is 18.1 Å². The number of carbonyl (C=O) groups excluding carboxylic acids is 1. The molecule has 1 aliphatic carbocycles. The van der Waals surface area contributed by atoms with Crippen molar-refractivity contribution < 1.29 is 4.79 Å². The lowest BCUT2D eigenvalue weighted by molar-refractivity contribution is -0.133. The molecule has 1 N–H and O–H groups in total. The molecule has 0 spiro atoms. The molecule has 1 amide bonds. The highest BCUT2D eigenvalue weighted by molar-refractivity contribution is 7.07. The predicted molar refractivity (Wildman–Crippen MR) is 82.5 cm³/mol. The molecule has 1 aliphatic heterocycles. The molecule has 2 aliphatic rings. The number of carbonyl (C=O) groups is 1. The summed E-state index contributed by atoms with van der Waals surface area (Å²) < 4.78 is 0. The topological polar surface area (TPSA) is 32.3 Å². The smallest absolute Gasteiger partial charge is 0.241 e. The SMILES string of the molecule is CCC1CCCC(N2C(=O)C(C)NC2c2ccsc2)C1. The largest absolute Gasteiger partial charge is 0.319 e. The van der Waals surface area contributed by atoms with Crippen LogP contribution in [0.2, 0.25) is 0 Å². The summed E-state index contributed by atoms with van der Waals surface area (Å²) in [6.07, 6.45) is 6.27. The molecule has 4 heteroatoms. The van der Waals surface area contributed by atoms with Gasteiger partial charge < -0.3 is 4.90 Å². The lowest BCUT2D eigenvalue weighted by atomic mass is 9.83. The standard InChI is InChI=1S/C16H24N2OS/c1-3-12-5-4-6-14(9-12)18-15(13-7-8-20-10-13)17-11(2)16(18)19/h7-8,10-12,14-15,17H,3-6,9H2,1-2H3. The van der Waals surface area contributed by atoms with Gasteiger partial charge in [-0.3, -0.25) is 10.1 Å². The molecular weight excluding hydrogens is 268 g/mol. The predicted octanol–water partition coefficient (Wildman–Crippen LogP) is 3.54. The highest BCUT2D eigenvalue weighted by Gasteiger charge is 2.42. The van der Waals surface area contributed by atoms with Crippen molar-refractivity contribution in [3.8, 4) is 0 Å². The van der Waals surface area contributed by atoms with Crippen molar-refractivity contribution in [3.63, 3.8) is 0 Å². The summed E-state index contributed by atoms with van der Waals surface area (Å²) in [5.41, 5.74) is 1.24. The van der Waals surface area contributed by atoms with Crippen LogP contribution >= 0.6 is 11.3 Å². The Morgan fingerprint density at radius 2 is 2.30 bits per heavy atom. The summed E-state index contributed by atoms with van der Waals surface area (Å²) in [7, 11) is 0. The lowest BCUT2D eigenvalue weighted by Gasteiger charge is -2.38. The van der Waals surface area contributed by atoms with E-state index >= 15 is 0 Å². The van der Waals surface area contributed by atoms with Gasteiger partial charge in [0.25, 0.3) is 0 Å². The quantitative estimate of drug-likeness (QED) is 0.924. The normalized spacial score (nSPS) is 34.7. The first kappa shape index (κ1) is 14.1. The van der Waals surface area contributed by atoms with E-state index in [1.807, 2.05) is 6.92 Å². The minimum Gasteiger partial charge on any atom is -0.319 e. The molecular formula is C16H24N2OS. The molecule has 4 atom stereocenters. The van der Waals surface area contributed by atoms with Crippen LogP contribution in [0, 0.1) is 5.92 Å². The molecule has 4 unspecified atom stereocenters. The van der Waals surface area contributed by atoms with Gasteiger partial charge in [0.1, 0.15) is 6.17 Å². The van der Waals surface area contributed by atoms with Crippen LogP contribution in [-0.2, 0) is 4.79 Å². The summed E-state index contributed by atoms with van der Waals surface area (Å²) in [6, 6.07) is 2.51. The zero-order valence-electron chi connectivity index (χ0n) is 12.3. The van der Waals surface area contributed by atoms with Crippen LogP contribution in [0.3, 0.4) is 0 Å². The van der Waals surface area contributed by atoms with Gasteiger partial charge in [0.05, 0.1) is 6.04 Å². The van der Waals surface area contributed by atoms with E-state index in [2.05, 4.69) is 34.0 Å². The number of amides is 1. The molecule has 20 heavy (non-hydrogen) atoms. The lowest BCUT2D eigenvalue weighted by Crippen LogP contribution is -2.42. The second kappa shape index (κ2) is 5.86. The van der Waals surface area contributed by atoms with Gasteiger partial charge in [0, 0.05) is 6.04 Å². The summed E-state index contributed by atoms with van der Waals surface area (Å²) in [5.74, 6) is 1.07. The van der Waals surface area contributed by atoms with Gasteiger partial charge in [-0.25, -0.2) is 0 Å². The molecule has 3 nitrogen and oxygen atoms in total. The highest BCUT2D eigenvalue weighted by Crippen LogP contribution is 2.36. The Hall–Kier alpha value is -0.870. The van der Waals surface area contributed by atoms with Crippen LogP contribution in [0.1, 0.15) is 57.7 Å². The van der Waals surface area contributed by atoms with Crippen LogP contribution in [0.4, 0.5) is 0 Å². The zero-order chi connectivity index (χ0) is 14.1. The van der Waals surface area contributed by atoms with Crippen LogP contribution in [0.15, 0.2) is 16.8 Å². The van der Waals surface area contributed by atoms with Gasteiger partial charge in [0.2, 0.25) is 5.91 Å². The van der Waals surface area contributed by atoms with E-state index in [4.69, 9.17) is 0 Å². The van der Waals surface area contributed by atoms with E-state index in [9.17, 15) is 4.79 Å². The Morgan fingerprint density at radius 1 is 1.45 bits per heavy atom. The van der Waals surface area contributed by atoms with Crippen molar-refractivity contribution in [1.29, 1.82) is 0 Å². The summed E-state index contributed by atoms with van der Waals surface area (Å²) in [6.45, 7) is 4.26. The minimum absolute atomic E-state index is 0.0538. The number of rotatable bonds is 3. The molecule has 1 aromatic heterocycles. The molecule has 1 saturated carbocycles. The molecule has 0 aromatic carbocycles. The molecule has 2 heterocycles. The fourth-order valence-corrected chi connectivity index (χ4v) is 4.38. The molecule has 0 radical (unpaired) electrons. The molecule has 2 fully saturated rings. The first-order chi connectivity index (χ1) is 9.70. The highest BCUT2D eigenvalue weighted by atomic mass is 32.1. The average Bonchev–Trinajstić information content (AvgIpc) is 3.08. The average molecular weight is 292 g/mol. The van der Waals surface area contributed by atoms with Crippen molar-refractivity contribution >= 4 is 17.2 Å². The van der Waals surface area contributed by atoms with Gasteiger partial charge in [-0.05, 0) is 48.1 Å². The molecule has 1 aromatic rings. The van der Waals surface area contributed by atoms with Gasteiger partial charge in [0.15, 0.2) is 0 Å². The fourth-order valence-electron chi connectivity index (χ4n) is 3.70. The Labute approximate surface area is 125 Å². The van der Waals surface area contributed by atoms with Crippen LogP contribution < -0.4 is 5.32 Å². The van der Waals surface area contributed by atoms with Crippen molar-refractivity contribution in [2.75, 3.05) is 0 Å². The van der Waals surface area contributed by atoms with Gasteiger partial charge in [-0.15, -0.1) is 0 Å². The Morgan fingerprint density at radius 3 is 3.00 bits per heavy atom. The van der Waals surface area contributed by atoms with Crippen LogP contribution in [-0.4, -0.2) is 22.9 Å². The van der Waals surface area contributed by atoms with Crippen molar-refractivity contribution in [2.45, 2.75) is 64.2 Å². The monoisotopic (exact) mass is 292 g/mol. The van der Waals surface area contributed by atoms with E-state index in [0.717, 1.165) is 12.3 Å². The number of nitrogens with one attached hydrogen (secondary N) is 1. The van der Waals surface area contributed by atoms with Gasteiger partial charge >= 0.3 is 0 Å². The maximum Gasteiger partial charge on any atom is 0.241 e. The second-order valence-corrected chi connectivity index (χ2v) is 6.97. The number of hydrogen-bond acceptors (Lipinski definition) is 3. The zero-order valence-corrected chi connectivity index (χ0v) is 13.2. The summed E-state index contributed by atoms with van der Waals surface area (Å²) in [4.78, 5) is 14.7. The maximum absolute atomic E-state index is 12.6. The van der Waals surface area contributed by atoms with E-state index in [1.54, 1.807) is 11.3 Å². The number of thiophene rings is 1. The van der Waals surface area contributed by atoms with E-state index < -0.39 is 0 Å². The maximum atomic E-state index is 12.6. The van der Waals surface area contributed by atoms with Gasteiger partial charge in [-0.1, -0.05) is 26.2 Å². The molecule has 0 bridgehead atoms. The van der Waals surface area contributed by atoms with Crippen molar-refractivity contribution in [2.24, 2.45) is 5.92 Å². The van der Waals surface area contributed by atoms with Crippen molar-refractivity contribution in [1.82, 2.24) is 10.2 Å². The Balaban J connectivity index is 1.82. The van der Waals surface area contributed by atoms with Crippen LogP contribution in [0.25, 0.3) is 0 Å². The third-order valence-corrected chi connectivity index (χ3v) is 5.60. The molecule has 1 saturated heterocycles. The Bertz CT molecular complexity index is 459. The first-order valence-electron chi connectivity index (χ1n) is 7.81. The number of nitrogens with zero attached hydrogens (tertiary/aromatic N) is 1. The Kier molecular flexibility index (Phi) is 4.13. The summed E-state index contributed by atoms with van der Waals surface area (Å²) in [5, 5.41) is 7.73. The molecule has 110 valence electrons. The fraction of sp³-hybridized carbons (Fsp3) is 0.688. The second-order valence-electron chi connectivity index (χ2n) is 6.19. The summed E-state index contributed by atoms with van der Waals surface area (Å²) >= 11 is 1.70. The third kappa shape index (κ3) is 2.51. The molecule has 3 rings (SSSR count). The van der Waals surface area contributed by atoms with Crippen LogP contribution in [0.5, 0.6) is 0 Å². The van der Waals surface area contributed by atoms with E-state index in [0.29, 0.717) is 6.04 Å². The third-order valence-electron chi connectivity index (χ3n) is 4.90. The number of hydrogen-bond donors (Lipinski definition) is 1. The van der Waals surface area contributed by atoms with Crippen molar-refractivity contribution in [3.05, 3.63) is 22.4 Å². The first-order valence-corrected chi connectivity index (χ1v) is 8.75.